The molecule has 2 aromatic heterocycles. The monoisotopic (exact) mass is 465 g/mol. The molecule has 1 aliphatic heterocycles. The third kappa shape index (κ3) is 4.44. The summed E-state index contributed by atoms with van der Waals surface area (Å²) in [5, 5.41) is 8.72. The third-order valence-electron chi connectivity index (χ3n) is 5.87. The van der Waals surface area contributed by atoms with Crippen molar-refractivity contribution in [2.45, 2.75) is 70.6 Å². The number of aromatic nitrogens is 2. The Kier molecular flexibility index (Phi) is 6.64. The molecule has 32 heavy (non-hydrogen) atoms. The summed E-state index contributed by atoms with van der Waals surface area (Å²) in [5.74, 6) is -3.50. The lowest BCUT2D eigenvalue weighted by Gasteiger charge is -2.36. The number of carbonyl (C=O) groups excluding carboxylic acids is 1. The van der Waals surface area contributed by atoms with Crippen molar-refractivity contribution in [3.8, 4) is 11.1 Å². The molecule has 4 rings (SSSR count). The van der Waals surface area contributed by atoms with Crippen LogP contribution in [0.25, 0.3) is 17.2 Å². The van der Waals surface area contributed by atoms with E-state index in [9.17, 15) is 13.6 Å². The minimum absolute atomic E-state index is 0.255. The number of hydroxylamine groups is 2. The Balaban J connectivity index is 1.57. The molecule has 2 atom stereocenters. The summed E-state index contributed by atoms with van der Waals surface area (Å²) in [6.45, 7) is 5.15. The van der Waals surface area contributed by atoms with Crippen LogP contribution in [0.4, 0.5) is 8.78 Å². The number of hydrogen-bond donors (Lipinski definition) is 2. The molecule has 0 aromatic carbocycles. The van der Waals surface area contributed by atoms with E-state index in [2.05, 4.69) is 10.4 Å². The molecule has 174 valence electrons. The number of nitrogens with two attached hydrogens (primary N) is 1. The number of aryl methyl sites for hydroxylation is 1. The summed E-state index contributed by atoms with van der Waals surface area (Å²) in [6, 6.07) is -0.324. The van der Waals surface area contributed by atoms with Crippen molar-refractivity contribution in [1.82, 2.24) is 20.2 Å². The molecule has 10 heteroatoms. The van der Waals surface area contributed by atoms with E-state index in [-0.39, 0.29) is 6.42 Å². The third-order valence-corrected chi connectivity index (χ3v) is 7.15. The van der Waals surface area contributed by atoms with Gasteiger partial charge < -0.3 is 11.1 Å². The maximum absolute atomic E-state index is 14.3. The maximum atomic E-state index is 14.3. The standard InChI is InChI=1S/C22H29F2N5O2S/c1-3-10-31-28-9-7-17-15(12-26-29(17)13-28)14-11-19(32-18(14)4-2)21(30)27-20-16(25)6-5-8-22(20,23)24/h7,9,11-12,16,20H,3-6,8,10,13,25H2,1-2H3,(H,27,30). The molecular formula is C22H29F2N5O2S. The van der Waals surface area contributed by atoms with Crippen molar-refractivity contribution in [2.75, 3.05) is 6.61 Å². The van der Waals surface area contributed by atoms with Crippen molar-refractivity contribution < 1.29 is 18.4 Å². The Morgan fingerprint density at radius 3 is 2.94 bits per heavy atom. The number of hydrogen-bond acceptors (Lipinski definition) is 6. The second-order valence-electron chi connectivity index (χ2n) is 8.22. The number of thiophene rings is 1. The largest absolute Gasteiger partial charge is 0.341 e. The van der Waals surface area contributed by atoms with Crippen LogP contribution in [0, 0.1) is 0 Å². The molecule has 1 aliphatic carbocycles. The van der Waals surface area contributed by atoms with Gasteiger partial charge in [0, 0.05) is 34.7 Å². The smallest absolute Gasteiger partial charge is 0.269 e. The number of rotatable bonds is 7. The van der Waals surface area contributed by atoms with E-state index in [0.717, 1.165) is 28.1 Å². The van der Waals surface area contributed by atoms with Gasteiger partial charge in [0.2, 0.25) is 0 Å². The van der Waals surface area contributed by atoms with Crippen LogP contribution >= 0.6 is 11.3 Å². The first-order valence-corrected chi connectivity index (χ1v) is 11.9. The lowest BCUT2D eigenvalue weighted by atomic mass is 9.87. The highest BCUT2D eigenvalue weighted by molar-refractivity contribution is 7.14. The summed E-state index contributed by atoms with van der Waals surface area (Å²) >= 11 is 1.32. The van der Waals surface area contributed by atoms with Gasteiger partial charge in [-0.05, 0) is 37.8 Å². The van der Waals surface area contributed by atoms with Crippen molar-refractivity contribution in [3.63, 3.8) is 0 Å². The molecule has 3 N–H and O–H groups in total. The number of alkyl halides is 2. The van der Waals surface area contributed by atoms with Gasteiger partial charge in [-0.1, -0.05) is 13.8 Å². The SMILES string of the molecule is CCCON1C=Cc2c(-c3cc(C(=O)NC4C(N)CCCC4(F)F)sc3CC)cnn2C1. The van der Waals surface area contributed by atoms with Crippen LogP contribution in [0.15, 0.2) is 18.5 Å². The normalized spacial score (nSPS) is 22.1. The van der Waals surface area contributed by atoms with Crippen LogP contribution in [0.1, 0.15) is 59.8 Å². The summed E-state index contributed by atoms with van der Waals surface area (Å²) in [5.41, 5.74) is 8.64. The predicted molar refractivity (Wildman–Crippen MR) is 120 cm³/mol. The number of amides is 1. The fourth-order valence-corrected chi connectivity index (χ4v) is 5.20. The fraction of sp³-hybridized carbons (Fsp3) is 0.545. The highest BCUT2D eigenvalue weighted by Gasteiger charge is 2.46. The Hall–Kier alpha value is -2.30. The number of halogens is 2. The summed E-state index contributed by atoms with van der Waals surface area (Å²) < 4.78 is 30.5. The van der Waals surface area contributed by atoms with Gasteiger partial charge in [0.1, 0.15) is 12.7 Å². The van der Waals surface area contributed by atoms with E-state index in [0.29, 0.717) is 37.4 Å². The summed E-state index contributed by atoms with van der Waals surface area (Å²) in [6.07, 6.45) is 7.79. The number of nitrogens with zero attached hydrogens (tertiary/aromatic N) is 3. The molecule has 0 radical (unpaired) electrons. The van der Waals surface area contributed by atoms with E-state index in [1.165, 1.54) is 11.3 Å². The van der Waals surface area contributed by atoms with Gasteiger partial charge >= 0.3 is 0 Å². The van der Waals surface area contributed by atoms with E-state index in [4.69, 9.17) is 10.6 Å². The summed E-state index contributed by atoms with van der Waals surface area (Å²) in [7, 11) is 0. The molecule has 2 aromatic rings. The van der Waals surface area contributed by atoms with Crippen molar-refractivity contribution in [3.05, 3.63) is 33.9 Å². The second kappa shape index (κ2) is 9.29. The zero-order valence-corrected chi connectivity index (χ0v) is 19.1. The Labute approximate surface area is 190 Å². The number of nitrogens with one attached hydrogen (secondary N) is 1. The van der Waals surface area contributed by atoms with E-state index in [1.807, 2.05) is 30.8 Å². The zero-order valence-electron chi connectivity index (χ0n) is 18.3. The van der Waals surface area contributed by atoms with E-state index < -0.39 is 23.9 Å². The van der Waals surface area contributed by atoms with Crippen LogP contribution in [-0.4, -0.2) is 45.4 Å². The minimum atomic E-state index is -3.00. The topological polar surface area (TPSA) is 85.4 Å². The molecule has 0 bridgehead atoms. The van der Waals surface area contributed by atoms with Crippen LogP contribution in [0.2, 0.25) is 0 Å². The van der Waals surface area contributed by atoms with Crippen molar-refractivity contribution in [1.29, 1.82) is 0 Å². The first kappa shape index (κ1) is 22.9. The summed E-state index contributed by atoms with van der Waals surface area (Å²) in [4.78, 5) is 19.9. The van der Waals surface area contributed by atoms with E-state index >= 15 is 0 Å². The molecule has 0 spiro atoms. The average Bonchev–Trinajstić information content (AvgIpc) is 3.38. The van der Waals surface area contributed by atoms with Gasteiger partial charge in [-0.3, -0.25) is 9.63 Å². The quantitative estimate of drug-likeness (QED) is 0.646. The lowest BCUT2D eigenvalue weighted by molar-refractivity contribution is -0.144. The average molecular weight is 466 g/mol. The van der Waals surface area contributed by atoms with Crippen LogP contribution in [0.5, 0.6) is 0 Å². The highest BCUT2D eigenvalue weighted by atomic mass is 32.1. The van der Waals surface area contributed by atoms with Gasteiger partial charge in [0.25, 0.3) is 11.8 Å². The first-order valence-electron chi connectivity index (χ1n) is 11.0. The Morgan fingerprint density at radius 1 is 1.41 bits per heavy atom. The molecule has 2 aliphatic rings. The zero-order chi connectivity index (χ0) is 22.9. The highest BCUT2D eigenvalue weighted by Crippen LogP contribution is 2.37. The minimum Gasteiger partial charge on any atom is -0.341 e. The Bertz CT molecular complexity index is 1000. The van der Waals surface area contributed by atoms with Crippen molar-refractivity contribution in [2.24, 2.45) is 5.73 Å². The van der Waals surface area contributed by atoms with Gasteiger partial charge in [-0.25, -0.2) is 18.5 Å². The molecule has 2 unspecified atom stereocenters. The maximum Gasteiger partial charge on any atom is 0.269 e. The molecular weight excluding hydrogens is 436 g/mol. The van der Waals surface area contributed by atoms with E-state index in [1.54, 1.807) is 17.3 Å². The Morgan fingerprint density at radius 2 is 2.22 bits per heavy atom. The predicted octanol–water partition coefficient (Wildman–Crippen LogP) is 4.00. The first-order chi connectivity index (χ1) is 15.3. The van der Waals surface area contributed by atoms with Crippen LogP contribution in [-0.2, 0) is 17.9 Å². The number of fused-ring (bicyclic) bond motifs is 1. The molecule has 1 amide bonds. The van der Waals surface area contributed by atoms with Crippen molar-refractivity contribution >= 4 is 23.3 Å². The molecule has 3 heterocycles. The van der Waals surface area contributed by atoms with Crippen LogP contribution in [0.3, 0.4) is 0 Å². The fourth-order valence-electron chi connectivity index (χ4n) is 4.18. The van der Waals surface area contributed by atoms with Crippen LogP contribution < -0.4 is 11.1 Å². The molecule has 7 nitrogen and oxygen atoms in total. The van der Waals surface area contributed by atoms with Gasteiger partial charge in [0.15, 0.2) is 0 Å². The lowest BCUT2D eigenvalue weighted by Crippen LogP contribution is -2.59. The molecule has 1 saturated carbocycles. The second-order valence-corrected chi connectivity index (χ2v) is 9.36. The van der Waals surface area contributed by atoms with Gasteiger partial charge in [-0.15, -0.1) is 11.3 Å². The van der Waals surface area contributed by atoms with Gasteiger partial charge in [0.05, 0.1) is 23.4 Å². The van der Waals surface area contributed by atoms with Gasteiger partial charge in [-0.2, -0.15) is 5.10 Å². The molecule has 1 fully saturated rings. The molecule has 0 saturated heterocycles. The number of carbonyl (C=O) groups is 1.